The molecule has 0 amide bonds. The quantitative estimate of drug-likeness (QED) is 0.388. The third kappa shape index (κ3) is 2.80. The molecule has 0 heterocycles. The first-order valence-electron chi connectivity index (χ1n) is 6.05. The van der Waals surface area contributed by atoms with Gasteiger partial charge in [0, 0.05) is 24.4 Å². The van der Waals surface area contributed by atoms with Crippen molar-refractivity contribution in [2.75, 3.05) is 6.54 Å². The molecule has 0 spiro atoms. The van der Waals surface area contributed by atoms with Gasteiger partial charge in [0.1, 0.15) is 11.3 Å². The van der Waals surface area contributed by atoms with Gasteiger partial charge in [-0.15, -0.1) is 4.91 Å². The molecule has 0 aliphatic heterocycles. The lowest BCUT2D eigenvalue weighted by Crippen LogP contribution is -1.96. The second kappa shape index (κ2) is 5.98. The van der Waals surface area contributed by atoms with Gasteiger partial charge in [0.15, 0.2) is 5.69 Å². The maximum atomic E-state index is 11.1. The number of rotatable bonds is 3. The van der Waals surface area contributed by atoms with Crippen molar-refractivity contribution < 1.29 is 10.0 Å². The fourth-order valence-corrected chi connectivity index (χ4v) is 1.91. The Labute approximate surface area is 119 Å². The molecule has 0 unspecified atom stereocenters. The number of fused-ring (bicyclic) bond motifs is 1. The zero-order valence-corrected chi connectivity index (χ0v) is 10.9. The first-order chi connectivity index (χ1) is 10.1. The number of nitro benzene ring substituents is 1. The Morgan fingerprint density at radius 1 is 1.38 bits per heavy atom. The monoisotopic (exact) mass is 285 g/mol. The molecule has 7 heteroatoms. The average Bonchev–Trinajstić information content (AvgIpc) is 2.46. The minimum atomic E-state index is -0.549. The second-order valence-electron chi connectivity index (χ2n) is 4.21. The summed E-state index contributed by atoms with van der Waals surface area (Å²) >= 11 is 0. The summed E-state index contributed by atoms with van der Waals surface area (Å²) < 4.78 is 0. The van der Waals surface area contributed by atoms with E-state index in [1.54, 1.807) is 0 Å². The number of hydrogen-bond acceptors (Lipinski definition) is 6. The molecule has 0 saturated heterocycles. The predicted octanol–water partition coefficient (Wildman–Crippen LogP) is 2.55. The molecule has 0 radical (unpaired) electrons. The zero-order chi connectivity index (χ0) is 15.4. The molecular formula is C14H11N3O4. The molecule has 21 heavy (non-hydrogen) atoms. The van der Waals surface area contributed by atoms with Crippen LogP contribution in [0.5, 0.6) is 5.75 Å². The number of benzene rings is 2. The minimum Gasteiger partial charge on any atom is -0.506 e. The SMILES string of the molecule is NCCC#Cc1cc2c(N=O)c(O)ccc2cc1[N+](=O)[O-]. The molecule has 0 bridgehead atoms. The van der Waals surface area contributed by atoms with Crippen LogP contribution >= 0.6 is 0 Å². The highest BCUT2D eigenvalue weighted by Gasteiger charge is 2.17. The van der Waals surface area contributed by atoms with Gasteiger partial charge in [-0.1, -0.05) is 17.9 Å². The standard InChI is InChI=1S/C14H11N3O4/c15-6-2-1-3-10-7-11-9(8-12(10)17(20)21)4-5-13(18)14(11)16-19/h4-5,7-8,18H,2,6,15H2. The van der Waals surface area contributed by atoms with Gasteiger partial charge in [0.25, 0.3) is 5.69 Å². The van der Waals surface area contributed by atoms with Gasteiger partial charge in [-0.2, -0.15) is 0 Å². The van der Waals surface area contributed by atoms with Crippen LogP contribution in [0.1, 0.15) is 12.0 Å². The summed E-state index contributed by atoms with van der Waals surface area (Å²) in [7, 11) is 0. The van der Waals surface area contributed by atoms with Crippen LogP contribution in [0.25, 0.3) is 10.8 Å². The Hall–Kier alpha value is -2.98. The number of aromatic hydroxyl groups is 1. The molecule has 0 aromatic heterocycles. The first kappa shape index (κ1) is 14.4. The van der Waals surface area contributed by atoms with Crippen molar-refractivity contribution in [3.8, 4) is 17.6 Å². The van der Waals surface area contributed by atoms with Crippen LogP contribution < -0.4 is 5.73 Å². The molecule has 2 aromatic rings. The van der Waals surface area contributed by atoms with Crippen molar-refractivity contribution in [2.45, 2.75) is 6.42 Å². The Morgan fingerprint density at radius 3 is 2.76 bits per heavy atom. The molecule has 0 saturated carbocycles. The van der Waals surface area contributed by atoms with E-state index in [-0.39, 0.29) is 22.7 Å². The van der Waals surface area contributed by atoms with E-state index in [0.29, 0.717) is 23.7 Å². The topological polar surface area (TPSA) is 119 Å². The average molecular weight is 285 g/mol. The largest absolute Gasteiger partial charge is 0.506 e. The van der Waals surface area contributed by atoms with E-state index < -0.39 is 4.92 Å². The van der Waals surface area contributed by atoms with E-state index in [9.17, 15) is 20.1 Å². The Balaban J connectivity index is 2.76. The number of hydrogen-bond donors (Lipinski definition) is 2. The normalized spacial score (nSPS) is 9.95. The van der Waals surface area contributed by atoms with E-state index in [1.165, 1.54) is 24.3 Å². The second-order valence-corrected chi connectivity index (χ2v) is 4.21. The van der Waals surface area contributed by atoms with Gasteiger partial charge < -0.3 is 10.8 Å². The van der Waals surface area contributed by atoms with Gasteiger partial charge in [0.05, 0.1) is 4.92 Å². The maximum Gasteiger partial charge on any atom is 0.285 e. The van der Waals surface area contributed by atoms with Crippen molar-refractivity contribution in [2.24, 2.45) is 10.9 Å². The lowest BCUT2D eigenvalue weighted by molar-refractivity contribution is -0.385. The van der Waals surface area contributed by atoms with Crippen molar-refractivity contribution in [1.29, 1.82) is 0 Å². The molecule has 2 rings (SSSR count). The van der Waals surface area contributed by atoms with Crippen molar-refractivity contribution in [1.82, 2.24) is 0 Å². The number of phenolic OH excluding ortho intramolecular Hbond substituents is 1. The highest BCUT2D eigenvalue weighted by molar-refractivity contribution is 5.97. The fraction of sp³-hybridized carbons (Fsp3) is 0.143. The predicted molar refractivity (Wildman–Crippen MR) is 78.3 cm³/mol. The lowest BCUT2D eigenvalue weighted by atomic mass is 10.0. The minimum absolute atomic E-state index is 0.149. The summed E-state index contributed by atoms with van der Waals surface area (Å²) in [5.41, 5.74) is 5.14. The molecule has 0 aliphatic rings. The van der Waals surface area contributed by atoms with Crippen LogP contribution in [0.15, 0.2) is 29.4 Å². The molecule has 0 atom stereocenters. The molecule has 106 valence electrons. The third-order valence-electron chi connectivity index (χ3n) is 2.87. The molecular weight excluding hydrogens is 274 g/mol. The number of nitroso groups, excluding NO2 is 1. The van der Waals surface area contributed by atoms with Crippen molar-refractivity contribution in [3.63, 3.8) is 0 Å². The van der Waals surface area contributed by atoms with Gasteiger partial charge >= 0.3 is 0 Å². The summed E-state index contributed by atoms with van der Waals surface area (Å²) in [5.74, 6) is 5.09. The number of phenols is 1. The van der Waals surface area contributed by atoms with E-state index in [0.717, 1.165) is 0 Å². The highest BCUT2D eigenvalue weighted by Crippen LogP contribution is 2.37. The van der Waals surface area contributed by atoms with E-state index in [2.05, 4.69) is 17.0 Å². The smallest absolute Gasteiger partial charge is 0.285 e. The Kier molecular flexibility index (Phi) is 4.11. The van der Waals surface area contributed by atoms with Gasteiger partial charge in [-0.05, 0) is 22.7 Å². The van der Waals surface area contributed by atoms with E-state index >= 15 is 0 Å². The first-order valence-corrected chi connectivity index (χ1v) is 6.05. The van der Waals surface area contributed by atoms with Crippen LogP contribution in [-0.4, -0.2) is 16.6 Å². The summed E-state index contributed by atoms with van der Waals surface area (Å²) in [4.78, 5) is 21.4. The highest BCUT2D eigenvalue weighted by atomic mass is 16.6. The molecule has 3 N–H and O–H groups in total. The molecule has 2 aromatic carbocycles. The van der Waals surface area contributed by atoms with Gasteiger partial charge in [-0.25, -0.2) is 0 Å². The summed E-state index contributed by atoms with van der Waals surface area (Å²) in [5, 5.41) is 24.2. The van der Waals surface area contributed by atoms with Crippen LogP contribution in [-0.2, 0) is 0 Å². The van der Waals surface area contributed by atoms with Crippen LogP contribution in [0, 0.1) is 26.9 Å². The number of nitro groups is 1. The van der Waals surface area contributed by atoms with Crippen LogP contribution in [0.4, 0.5) is 11.4 Å². The maximum absolute atomic E-state index is 11.1. The van der Waals surface area contributed by atoms with Crippen molar-refractivity contribution in [3.05, 3.63) is 44.9 Å². The summed E-state index contributed by atoms with van der Waals surface area (Å²) in [6.45, 7) is 0.344. The zero-order valence-electron chi connectivity index (χ0n) is 10.9. The van der Waals surface area contributed by atoms with Crippen LogP contribution in [0.3, 0.4) is 0 Å². The number of nitrogens with zero attached hydrogens (tertiary/aromatic N) is 2. The van der Waals surface area contributed by atoms with Gasteiger partial charge in [-0.3, -0.25) is 10.1 Å². The molecule has 0 fully saturated rings. The fourth-order valence-electron chi connectivity index (χ4n) is 1.91. The number of nitrogens with two attached hydrogens (primary N) is 1. The summed E-state index contributed by atoms with van der Waals surface area (Å²) in [6.07, 6.45) is 0.397. The third-order valence-corrected chi connectivity index (χ3v) is 2.87. The van der Waals surface area contributed by atoms with Crippen LogP contribution in [0.2, 0.25) is 0 Å². The molecule has 7 nitrogen and oxygen atoms in total. The Bertz CT molecular complexity index is 790. The summed E-state index contributed by atoms with van der Waals surface area (Å²) in [6, 6.07) is 5.43. The lowest BCUT2D eigenvalue weighted by Gasteiger charge is -2.04. The van der Waals surface area contributed by atoms with E-state index in [1.807, 2.05) is 0 Å². The van der Waals surface area contributed by atoms with Gasteiger partial charge in [0.2, 0.25) is 0 Å². The Morgan fingerprint density at radius 2 is 2.14 bits per heavy atom. The van der Waals surface area contributed by atoms with E-state index in [4.69, 9.17) is 5.73 Å². The van der Waals surface area contributed by atoms with Crippen molar-refractivity contribution >= 4 is 22.1 Å². The molecule has 0 aliphatic carbocycles.